The number of hydrogen-bond donors (Lipinski definition) is 4. The van der Waals surface area contributed by atoms with Crippen molar-refractivity contribution in [1.82, 2.24) is 16.1 Å². The van der Waals surface area contributed by atoms with Crippen LogP contribution in [-0.2, 0) is 25.8 Å². The van der Waals surface area contributed by atoms with Gasteiger partial charge in [-0.25, -0.2) is 10.6 Å². The van der Waals surface area contributed by atoms with E-state index in [4.69, 9.17) is 10.6 Å². The van der Waals surface area contributed by atoms with E-state index in [-0.39, 0.29) is 0 Å². The van der Waals surface area contributed by atoms with Crippen LogP contribution in [0.1, 0.15) is 43.0 Å². The fourth-order valence-electron chi connectivity index (χ4n) is 3.15. The average molecular weight is 547 g/mol. The van der Waals surface area contributed by atoms with E-state index in [2.05, 4.69) is 16.1 Å². The number of hydrogen-bond acceptors (Lipinski definition) is 7. The number of nitrogens with one attached hydrogen (secondary N) is 3. The Morgan fingerprint density at radius 3 is 1.62 bits per heavy atom. The van der Waals surface area contributed by atoms with Crippen LogP contribution >= 0.6 is 23.5 Å². The Bertz CT molecular complexity index is 1020. The maximum atomic E-state index is 13.2. The summed E-state index contributed by atoms with van der Waals surface area (Å²) in [4.78, 5) is 38.1. The minimum Gasteiger partial charge on any atom is -0.444 e. The molecule has 0 heterocycles. The molecule has 0 fully saturated rings. The van der Waals surface area contributed by atoms with Crippen LogP contribution in [0.4, 0.5) is 4.79 Å². The zero-order valence-electron chi connectivity index (χ0n) is 22.1. The summed E-state index contributed by atoms with van der Waals surface area (Å²) in [6.45, 7) is 9.30. The van der Waals surface area contributed by atoms with Crippen LogP contribution in [0.15, 0.2) is 48.5 Å². The van der Waals surface area contributed by atoms with Gasteiger partial charge in [0.1, 0.15) is 17.7 Å². The van der Waals surface area contributed by atoms with Crippen molar-refractivity contribution in [2.75, 3.05) is 11.5 Å². The fourth-order valence-corrected chi connectivity index (χ4v) is 5.18. The number of aryl methyl sites for hydroxylation is 2. The van der Waals surface area contributed by atoms with Gasteiger partial charge in [-0.1, -0.05) is 59.7 Å². The van der Waals surface area contributed by atoms with Crippen molar-refractivity contribution in [2.45, 2.75) is 63.8 Å². The normalized spacial score (nSPS) is 12.8. The van der Waals surface area contributed by atoms with E-state index in [1.54, 1.807) is 20.8 Å². The summed E-state index contributed by atoms with van der Waals surface area (Å²) < 4.78 is 5.35. The van der Waals surface area contributed by atoms with Gasteiger partial charge in [-0.15, -0.1) is 0 Å². The molecule has 10 heteroatoms. The lowest BCUT2D eigenvalue weighted by Crippen LogP contribution is -2.56. The molecule has 3 amide bonds. The van der Waals surface area contributed by atoms with Gasteiger partial charge in [0.05, 0.1) is 0 Å². The molecular formula is C27H38N4O4S2. The van der Waals surface area contributed by atoms with Crippen LogP contribution < -0.4 is 21.9 Å². The maximum Gasteiger partial charge on any atom is 0.408 e. The Morgan fingerprint density at radius 2 is 1.22 bits per heavy atom. The molecule has 0 radical (unpaired) electrons. The molecule has 5 N–H and O–H groups in total. The molecule has 2 atom stereocenters. The minimum atomic E-state index is -0.902. The van der Waals surface area contributed by atoms with Crippen LogP contribution in [-0.4, -0.2) is 47.1 Å². The number of amides is 3. The Morgan fingerprint density at radius 1 is 0.784 bits per heavy atom. The molecule has 2 rings (SSSR count). The molecule has 0 aliphatic rings. The predicted octanol–water partition coefficient (Wildman–Crippen LogP) is 3.84. The first-order valence-electron chi connectivity index (χ1n) is 12.0. The smallest absolute Gasteiger partial charge is 0.408 e. The van der Waals surface area contributed by atoms with Crippen molar-refractivity contribution in [3.63, 3.8) is 0 Å². The average Bonchev–Trinajstić information content (AvgIpc) is 2.83. The lowest BCUT2D eigenvalue weighted by Gasteiger charge is -2.25. The van der Waals surface area contributed by atoms with Gasteiger partial charge >= 0.3 is 6.09 Å². The van der Waals surface area contributed by atoms with Crippen LogP contribution in [0.3, 0.4) is 0 Å². The Hall–Kier alpha value is -2.69. The van der Waals surface area contributed by atoms with Gasteiger partial charge in [0, 0.05) is 23.0 Å². The zero-order valence-corrected chi connectivity index (χ0v) is 23.8. The minimum absolute atomic E-state index is 0.298. The van der Waals surface area contributed by atoms with E-state index in [1.165, 1.54) is 34.7 Å². The standard InChI is InChI=1S/C27H38N4O4S2/c1-18-6-10-20(11-7-18)14-36-16-22(30-26(34)35-27(3,4)5)24(32)29-23(25(33)31-28)17-37-15-21-12-8-19(2)9-13-21/h6-13,22-23H,14-17,28H2,1-5H3,(H,29,32)(H,30,34)(H,31,33)/t22-,23-/m0/s1. The number of rotatable bonds is 12. The van der Waals surface area contributed by atoms with Gasteiger partial charge in [0.2, 0.25) is 5.91 Å². The van der Waals surface area contributed by atoms with Crippen molar-refractivity contribution < 1.29 is 19.1 Å². The number of thioether (sulfide) groups is 2. The number of carbonyl (C=O) groups is 3. The third-order valence-corrected chi connectivity index (χ3v) is 7.34. The summed E-state index contributed by atoms with van der Waals surface area (Å²) in [5.74, 6) is 6.35. The number of benzene rings is 2. The highest BCUT2D eigenvalue weighted by atomic mass is 32.2. The van der Waals surface area contributed by atoms with Crippen molar-refractivity contribution in [1.29, 1.82) is 0 Å². The number of ether oxygens (including phenoxy) is 1. The number of nitrogens with two attached hydrogens (primary N) is 1. The Kier molecular flexibility index (Phi) is 12.3. The van der Waals surface area contributed by atoms with Crippen LogP contribution in [0.2, 0.25) is 0 Å². The van der Waals surface area contributed by atoms with Crippen LogP contribution in [0.5, 0.6) is 0 Å². The van der Waals surface area contributed by atoms with E-state index >= 15 is 0 Å². The SMILES string of the molecule is Cc1ccc(CSC[C@H](NC(=O)OC(C)(C)C)C(=O)N[C@@H](CSCc2ccc(C)cc2)C(=O)NN)cc1. The molecule has 0 aromatic heterocycles. The van der Waals surface area contributed by atoms with Gasteiger partial charge < -0.3 is 15.4 Å². The first-order chi connectivity index (χ1) is 17.5. The maximum absolute atomic E-state index is 13.2. The molecule has 0 spiro atoms. The van der Waals surface area contributed by atoms with Crippen molar-refractivity contribution in [3.05, 3.63) is 70.8 Å². The van der Waals surface area contributed by atoms with E-state index in [0.29, 0.717) is 23.0 Å². The predicted molar refractivity (Wildman–Crippen MR) is 152 cm³/mol. The molecule has 0 saturated carbocycles. The van der Waals surface area contributed by atoms with Crippen molar-refractivity contribution in [3.8, 4) is 0 Å². The highest BCUT2D eigenvalue weighted by Gasteiger charge is 2.28. The van der Waals surface area contributed by atoms with Crippen LogP contribution in [0.25, 0.3) is 0 Å². The summed E-state index contributed by atoms with van der Waals surface area (Å²) in [6.07, 6.45) is -0.697. The molecule has 202 valence electrons. The summed E-state index contributed by atoms with van der Waals surface area (Å²) in [5, 5.41) is 5.41. The molecule has 8 nitrogen and oxygen atoms in total. The Balaban J connectivity index is 2.03. The largest absolute Gasteiger partial charge is 0.444 e. The van der Waals surface area contributed by atoms with E-state index in [1.807, 2.05) is 62.4 Å². The lowest BCUT2D eigenvalue weighted by atomic mass is 10.2. The first kappa shape index (κ1) is 30.5. The van der Waals surface area contributed by atoms with Crippen molar-refractivity contribution >= 4 is 41.4 Å². The summed E-state index contributed by atoms with van der Waals surface area (Å²) >= 11 is 3.01. The van der Waals surface area contributed by atoms with Gasteiger partial charge in [-0.2, -0.15) is 23.5 Å². The topological polar surface area (TPSA) is 123 Å². The second-order valence-electron chi connectivity index (χ2n) is 9.77. The number of alkyl carbamates (subject to hydrolysis) is 1. The molecule has 0 aliphatic carbocycles. The van der Waals surface area contributed by atoms with Gasteiger partial charge in [-0.3, -0.25) is 15.0 Å². The third-order valence-electron chi connectivity index (χ3n) is 5.13. The molecule has 0 saturated heterocycles. The summed E-state index contributed by atoms with van der Waals surface area (Å²) in [7, 11) is 0. The zero-order chi connectivity index (χ0) is 27.4. The fraction of sp³-hybridized carbons (Fsp3) is 0.444. The molecule has 2 aromatic carbocycles. The number of carbonyl (C=O) groups excluding carboxylic acids is 3. The molecule has 0 unspecified atom stereocenters. The number of hydrazine groups is 1. The van der Waals surface area contributed by atoms with Gasteiger partial charge in [-0.05, 0) is 45.7 Å². The summed E-state index contributed by atoms with van der Waals surface area (Å²) in [5.41, 5.74) is 5.98. The summed E-state index contributed by atoms with van der Waals surface area (Å²) in [6, 6.07) is 14.5. The highest BCUT2D eigenvalue weighted by Crippen LogP contribution is 2.17. The first-order valence-corrected chi connectivity index (χ1v) is 14.3. The second-order valence-corrected chi connectivity index (χ2v) is 11.8. The van der Waals surface area contributed by atoms with Gasteiger partial charge in [0.15, 0.2) is 0 Å². The quantitative estimate of drug-likeness (QED) is 0.181. The van der Waals surface area contributed by atoms with Crippen molar-refractivity contribution in [2.24, 2.45) is 5.84 Å². The highest BCUT2D eigenvalue weighted by molar-refractivity contribution is 7.98. The second kappa shape index (κ2) is 14.9. The van der Waals surface area contributed by atoms with Gasteiger partial charge in [0.25, 0.3) is 5.91 Å². The van der Waals surface area contributed by atoms with E-state index in [0.717, 1.165) is 11.1 Å². The lowest BCUT2D eigenvalue weighted by molar-refractivity contribution is -0.129. The monoisotopic (exact) mass is 546 g/mol. The molecular weight excluding hydrogens is 508 g/mol. The molecule has 2 aromatic rings. The Labute approximate surface area is 228 Å². The van der Waals surface area contributed by atoms with E-state index in [9.17, 15) is 14.4 Å². The molecule has 0 bridgehead atoms. The molecule has 0 aliphatic heterocycles. The van der Waals surface area contributed by atoms with Crippen LogP contribution in [0, 0.1) is 13.8 Å². The third kappa shape index (κ3) is 11.9. The van der Waals surface area contributed by atoms with E-state index < -0.39 is 35.6 Å². The molecule has 37 heavy (non-hydrogen) atoms.